The smallest absolute Gasteiger partial charge is 0.360 e. The number of carbonyl (C=O) groups excluding carboxylic acids is 1. The number of rotatable bonds is 6. The van der Waals surface area contributed by atoms with E-state index in [2.05, 4.69) is 25.1 Å². The molecule has 0 aromatic carbocycles. The van der Waals surface area contributed by atoms with E-state index in [1.54, 1.807) is 18.7 Å². The van der Waals surface area contributed by atoms with Crippen molar-refractivity contribution in [3.8, 4) is 0 Å². The summed E-state index contributed by atoms with van der Waals surface area (Å²) in [5.74, 6) is 0.774. The highest BCUT2D eigenvalue weighted by Crippen LogP contribution is 2.27. The largest absolute Gasteiger partial charge is 0.461 e. The molecule has 0 amide bonds. The second kappa shape index (κ2) is 6.32. The van der Waals surface area contributed by atoms with Crippen LogP contribution in [0.5, 0.6) is 0 Å². The summed E-state index contributed by atoms with van der Waals surface area (Å²) in [5.41, 5.74) is 6.30. The SMILES string of the molecule is CCOC(=O)c1nc(CC)n(CC(C)(C)SC)c1N. The van der Waals surface area contributed by atoms with Crippen molar-refractivity contribution in [3.63, 3.8) is 0 Å². The molecule has 0 saturated carbocycles. The lowest BCUT2D eigenvalue weighted by Crippen LogP contribution is -2.24. The number of hydrogen-bond acceptors (Lipinski definition) is 5. The third kappa shape index (κ3) is 3.65. The van der Waals surface area contributed by atoms with Crippen LogP contribution in [0.2, 0.25) is 0 Å². The summed E-state index contributed by atoms with van der Waals surface area (Å²) < 4.78 is 6.93. The molecule has 0 atom stereocenters. The Morgan fingerprint density at radius 3 is 2.58 bits per heavy atom. The lowest BCUT2D eigenvalue weighted by molar-refractivity contribution is 0.0521. The van der Waals surface area contributed by atoms with Gasteiger partial charge in [0.1, 0.15) is 11.6 Å². The number of aryl methyl sites for hydroxylation is 1. The van der Waals surface area contributed by atoms with E-state index >= 15 is 0 Å². The van der Waals surface area contributed by atoms with Crippen molar-refractivity contribution < 1.29 is 9.53 Å². The van der Waals surface area contributed by atoms with Crippen molar-refractivity contribution in [2.75, 3.05) is 18.6 Å². The maximum Gasteiger partial charge on any atom is 0.360 e. The average Bonchev–Trinajstić information content (AvgIpc) is 2.67. The number of nitrogen functional groups attached to an aromatic ring is 1. The van der Waals surface area contributed by atoms with E-state index in [0.29, 0.717) is 12.4 Å². The summed E-state index contributed by atoms with van der Waals surface area (Å²) in [4.78, 5) is 16.1. The number of ether oxygens (including phenoxy) is 1. The topological polar surface area (TPSA) is 70.1 Å². The second-order valence-corrected chi connectivity index (χ2v) is 6.40. The van der Waals surface area contributed by atoms with Crippen LogP contribution in [-0.4, -0.2) is 33.1 Å². The minimum Gasteiger partial charge on any atom is -0.461 e. The molecule has 19 heavy (non-hydrogen) atoms. The Kier molecular flexibility index (Phi) is 5.29. The number of anilines is 1. The number of carbonyl (C=O) groups is 1. The predicted molar refractivity (Wildman–Crippen MR) is 79.6 cm³/mol. The quantitative estimate of drug-likeness (QED) is 0.812. The fourth-order valence-corrected chi connectivity index (χ4v) is 2.01. The van der Waals surface area contributed by atoms with Gasteiger partial charge in [0.2, 0.25) is 0 Å². The van der Waals surface area contributed by atoms with Crippen LogP contribution < -0.4 is 5.73 Å². The van der Waals surface area contributed by atoms with E-state index < -0.39 is 5.97 Å². The average molecular weight is 285 g/mol. The molecule has 1 heterocycles. The molecule has 2 N–H and O–H groups in total. The van der Waals surface area contributed by atoms with Gasteiger partial charge in [-0.05, 0) is 27.0 Å². The number of nitrogens with zero attached hydrogens (tertiary/aromatic N) is 2. The Balaban J connectivity index is 3.14. The summed E-state index contributed by atoms with van der Waals surface area (Å²) in [5, 5.41) is 0. The number of thioether (sulfide) groups is 1. The van der Waals surface area contributed by atoms with Crippen LogP contribution in [0, 0.1) is 0 Å². The van der Waals surface area contributed by atoms with Crippen molar-refractivity contribution in [1.82, 2.24) is 9.55 Å². The Morgan fingerprint density at radius 1 is 1.47 bits per heavy atom. The predicted octanol–water partition coefficient (Wildman–Crippen LogP) is 2.35. The zero-order chi connectivity index (χ0) is 14.6. The molecule has 0 unspecified atom stereocenters. The van der Waals surface area contributed by atoms with Crippen LogP contribution >= 0.6 is 11.8 Å². The summed E-state index contributed by atoms with van der Waals surface area (Å²) in [6.45, 7) is 9.08. The molecule has 0 aliphatic rings. The fourth-order valence-electron chi connectivity index (χ4n) is 1.75. The normalized spacial score (nSPS) is 11.6. The first kappa shape index (κ1) is 15.9. The lowest BCUT2D eigenvalue weighted by Gasteiger charge is -2.24. The number of hydrogen-bond donors (Lipinski definition) is 1. The molecule has 0 aliphatic heterocycles. The highest BCUT2D eigenvalue weighted by Gasteiger charge is 2.25. The monoisotopic (exact) mass is 285 g/mol. The van der Waals surface area contributed by atoms with Crippen LogP contribution in [0.4, 0.5) is 5.82 Å². The van der Waals surface area contributed by atoms with Crippen LogP contribution in [0.3, 0.4) is 0 Å². The summed E-state index contributed by atoms with van der Waals surface area (Å²) in [7, 11) is 0. The molecule has 108 valence electrons. The summed E-state index contributed by atoms with van der Waals surface area (Å²) >= 11 is 1.76. The second-order valence-electron chi connectivity index (χ2n) is 4.89. The van der Waals surface area contributed by atoms with Crippen LogP contribution in [0.15, 0.2) is 0 Å². The molecule has 0 aliphatic carbocycles. The highest BCUT2D eigenvalue weighted by molar-refractivity contribution is 7.99. The van der Waals surface area contributed by atoms with Gasteiger partial charge < -0.3 is 15.0 Å². The number of nitrogens with two attached hydrogens (primary N) is 1. The van der Waals surface area contributed by atoms with Gasteiger partial charge in [-0.25, -0.2) is 9.78 Å². The molecule has 0 bridgehead atoms. The molecule has 1 rings (SSSR count). The molecule has 1 aromatic rings. The maximum absolute atomic E-state index is 11.8. The molecule has 5 nitrogen and oxygen atoms in total. The first-order valence-electron chi connectivity index (χ1n) is 6.43. The number of esters is 1. The van der Waals surface area contributed by atoms with Crippen LogP contribution in [-0.2, 0) is 17.7 Å². The summed E-state index contributed by atoms with van der Waals surface area (Å²) in [6, 6.07) is 0. The first-order valence-corrected chi connectivity index (χ1v) is 7.65. The van der Waals surface area contributed by atoms with E-state index in [1.165, 1.54) is 0 Å². The number of imidazole rings is 1. The molecule has 6 heteroatoms. The number of aromatic nitrogens is 2. The summed E-state index contributed by atoms with van der Waals surface area (Å²) in [6.07, 6.45) is 2.79. The molecule has 0 saturated heterocycles. The third-order valence-corrected chi connectivity index (χ3v) is 4.20. The van der Waals surface area contributed by atoms with Gasteiger partial charge in [0.05, 0.1) is 6.61 Å². The van der Waals surface area contributed by atoms with Gasteiger partial charge in [0, 0.05) is 17.7 Å². The zero-order valence-electron chi connectivity index (χ0n) is 12.3. The molecular weight excluding hydrogens is 262 g/mol. The minimum absolute atomic E-state index is 0.0324. The lowest BCUT2D eigenvalue weighted by atomic mass is 10.2. The third-order valence-electron chi connectivity index (χ3n) is 2.96. The Morgan fingerprint density at radius 2 is 2.11 bits per heavy atom. The van der Waals surface area contributed by atoms with Gasteiger partial charge in [-0.2, -0.15) is 11.8 Å². The van der Waals surface area contributed by atoms with Gasteiger partial charge in [0.15, 0.2) is 5.69 Å². The fraction of sp³-hybridized carbons (Fsp3) is 0.692. The van der Waals surface area contributed by atoms with Crippen molar-refractivity contribution >= 4 is 23.5 Å². The van der Waals surface area contributed by atoms with Gasteiger partial charge in [-0.15, -0.1) is 0 Å². The highest BCUT2D eigenvalue weighted by atomic mass is 32.2. The Bertz CT molecular complexity index is 455. The molecule has 0 fully saturated rings. The zero-order valence-corrected chi connectivity index (χ0v) is 13.1. The van der Waals surface area contributed by atoms with Gasteiger partial charge in [-0.3, -0.25) is 0 Å². The van der Waals surface area contributed by atoms with Gasteiger partial charge >= 0.3 is 5.97 Å². The molecule has 1 aromatic heterocycles. The molecule has 0 spiro atoms. The Hall–Kier alpha value is -1.17. The standard InChI is InChI=1S/C13H23N3O2S/c1-6-9-15-10(12(17)18-7-2)11(14)16(9)8-13(3,4)19-5/h6-8,14H2,1-5H3. The Labute approximate surface area is 118 Å². The van der Waals surface area contributed by atoms with Gasteiger partial charge in [0.25, 0.3) is 0 Å². The van der Waals surface area contributed by atoms with E-state index in [0.717, 1.165) is 18.8 Å². The van der Waals surface area contributed by atoms with Crippen molar-refractivity contribution in [2.45, 2.75) is 45.4 Å². The van der Waals surface area contributed by atoms with E-state index in [4.69, 9.17) is 10.5 Å². The van der Waals surface area contributed by atoms with Crippen molar-refractivity contribution in [1.29, 1.82) is 0 Å². The van der Waals surface area contributed by atoms with E-state index in [1.807, 2.05) is 11.5 Å². The first-order chi connectivity index (χ1) is 8.86. The molecular formula is C13H23N3O2S. The van der Waals surface area contributed by atoms with Crippen molar-refractivity contribution in [2.24, 2.45) is 0 Å². The van der Waals surface area contributed by atoms with Gasteiger partial charge in [-0.1, -0.05) is 6.92 Å². The van der Waals surface area contributed by atoms with Crippen LogP contribution in [0.1, 0.15) is 44.0 Å². The maximum atomic E-state index is 11.8. The van der Waals surface area contributed by atoms with E-state index in [9.17, 15) is 4.79 Å². The molecule has 0 radical (unpaired) electrons. The van der Waals surface area contributed by atoms with E-state index in [-0.39, 0.29) is 10.4 Å². The van der Waals surface area contributed by atoms with Crippen LogP contribution in [0.25, 0.3) is 0 Å². The van der Waals surface area contributed by atoms with Crippen molar-refractivity contribution in [3.05, 3.63) is 11.5 Å². The minimum atomic E-state index is -0.449.